The molecule has 1 fully saturated rings. The molecule has 136 valence electrons. The van der Waals surface area contributed by atoms with E-state index in [0.717, 1.165) is 29.8 Å². The Kier molecular flexibility index (Phi) is 5.46. The summed E-state index contributed by atoms with van der Waals surface area (Å²) in [6.07, 6.45) is 2.98. The number of methoxy groups -OCH3 is 1. The van der Waals surface area contributed by atoms with Crippen LogP contribution in [0.2, 0.25) is 0 Å². The van der Waals surface area contributed by atoms with E-state index in [-0.39, 0.29) is 11.8 Å². The van der Waals surface area contributed by atoms with Crippen molar-refractivity contribution >= 4 is 11.8 Å². The number of ether oxygens (including phenoxy) is 1. The van der Waals surface area contributed by atoms with E-state index in [2.05, 4.69) is 15.3 Å². The number of likely N-dealkylation sites (tertiary alicyclic amines) is 1. The lowest BCUT2D eigenvalue weighted by atomic mass is 10.0. The van der Waals surface area contributed by atoms with Crippen LogP contribution in [0.5, 0.6) is 5.88 Å². The molecule has 1 aromatic heterocycles. The summed E-state index contributed by atoms with van der Waals surface area (Å²) in [5.74, 6) is 0.513. The first kappa shape index (κ1) is 17.8. The van der Waals surface area contributed by atoms with Crippen LogP contribution in [0.3, 0.4) is 0 Å². The normalized spacial score (nSPS) is 13.8. The molecule has 2 heterocycles. The number of aryl methyl sites for hydroxylation is 1. The van der Waals surface area contributed by atoms with Crippen LogP contribution >= 0.6 is 0 Å². The number of hydrogen-bond acceptors (Lipinski definition) is 5. The van der Waals surface area contributed by atoms with Crippen LogP contribution in [0, 0.1) is 6.92 Å². The molecule has 1 N–H and O–H groups in total. The van der Waals surface area contributed by atoms with Gasteiger partial charge in [-0.3, -0.25) is 9.59 Å². The second-order valence-corrected chi connectivity index (χ2v) is 6.16. The predicted molar refractivity (Wildman–Crippen MR) is 96.9 cm³/mol. The third-order valence-corrected chi connectivity index (χ3v) is 4.47. The smallest absolute Gasteiger partial charge is 0.251 e. The Balaban J connectivity index is 1.64. The number of amides is 2. The molecule has 0 spiro atoms. The highest BCUT2D eigenvalue weighted by molar-refractivity contribution is 5.94. The minimum atomic E-state index is -0.156. The number of aromatic nitrogens is 2. The van der Waals surface area contributed by atoms with Crippen molar-refractivity contribution in [3.8, 4) is 17.0 Å². The van der Waals surface area contributed by atoms with Crippen LogP contribution in [0.15, 0.2) is 30.6 Å². The zero-order valence-corrected chi connectivity index (χ0v) is 15.0. The zero-order chi connectivity index (χ0) is 18.5. The van der Waals surface area contributed by atoms with Crippen LogP contribution in [0.25, 0.3) is 11.1 Å². The van der Waals surface area contributed by atoms with Gasteiger partial charge in [0.05, 0.1) is 18.4 Å². The Hall–Kier alpha value is -2.96. The molecule has 3 rings (SSSR count). The van der Waals surface area contributed by atoms with Crippen LogP contribution in [-0.4, -0.2) is 53.4 Å². The number of rotatable bonds is 6. The van der Waals surface area contributed by atoms with Crippen molar-refractivity contribution in [2.24, 2.45) is 0 Å². The molecule has 1 aliphatic rings. The minimum Gasteiger partial charge on any atom is -0.480 e. The Morgan fingerprint density at radius 1 is 1.27 bits per heavy atom. The van der Waals surface area contributed by atoms with Gasteiger partial charge in [0.25, 0.3) is 5.91 Å². The van der Waals surface area contributed by atoms with E-state index in [1.165, 1.54) is 6.33 Å². The van der Waals surface area contributed by atoms with Crippen LogP contribution in [-0.2, 0) is 4.79 Å². The molecule has 0 aliphatic carbocycles. The standard InChI is InChI=1S/C19H22N4O3/c1-13-17(19(26-2)22-12-21-13)14-5-7-15(8-6-14)18(25)20-9-11-23-10-3-4-16(23)24/h5-8,12H,3-4,9-11H2,1-2H3,(H,20,25). The summed E-state index contributed by atoms with van der Waals surface area (Å²) in [4.78, 5) is 34.0. The lowest BCUT2D eigenvalue weighted by molar-refractivity contribution is -0.127. The second kappa shape index (κ2) is 7.95. The van der Waals surface area contributed by atoms with E-state index >= 15 is 0 Å². The molecule has 0 unspecified atom stereocenters. The van der Waals surface area contributed by atoms with Gasteiger partial charge < -0.3 is 15.0 Å². The minimum absolute atomic E-state index is 0.156. The van der Waals surface area contributed by atoms with Gasteiger partial charge in [-0.05, 0) is 31.0 Å². The van der Waals surface area contributed by atoms with E-state index in [4.69, 9.17) is 4.74 Å². The summed E-state index contributed by atoms with van der Waals surface area (Å²) in [5.41, 5.74) is 3.08. The van der Waals surface area contributed by atoms with Crippen molar-refractivity contribution < 1.29 is 14.3 Å². The van der Waals surface area contributed by atoms with E-state index in [0.29, 0.717) is 31.0 Å². The van der Waals surface area contributed by atoms with Crippen molar-refractivity contribution in [1.82, 2.24) is 20.2 Å². The van der Waals surface area contributed by atoms with Gasteiger partial charge in [-0.1, -0.05) is 12.1 Å². The van der Waals surface area contributed by atoms with Crippen LogP contribution in [0.1, 0.15) is 28.9 Å². The average molecular weight is 354 g/mol. The van der Waals surface area contributed by atoms with Crippen LogP contribution in [0.4, 0.5) is 0 Å². The summed E-state index contributed by atoms with van der Waals surface area (Å²) in [6.45, 7) is 3.68. The summed E-state index contributed by atoms with van der Waals surface area (Å²) < 4.78 is 5.31. The van der Waals surface area contributed by atoms with Gasteiger partial charge in [-0.2, -0.15) is 0 Å². The summed E-state index contributed by atoms with van der Waals surface area (Å²) in [7, 11) is 1.57. The van der Waals surface area contributed by atoms with Gasteiger partial charge in [0.15, 0.2) is 0 Å². The number of hydrogen-bond donors (Lipinski definition) is 1. The second-order valence-electron chi connectivity index (χ2n) is 6.16. The molecule has 1 aliphatic heterocycles. The van der Waals surface area contributed by atoms with Gasteiger partial charge in [0.1, 0.15) is 6.33 Å². The number of nitrogens with zero attached hydrogens (tertiary/aromatic N) is 3. The lowest BCUT2D eigenvalue weighted by Crippen LogP contribution is -2.35. The molecule has 7 heteroatoms. The fourth-order valence-corrected chi connectivity index (χ4v) is 3.07. The largest absolute Gasteiger partial charge is 0.480 e. The monoisotopic (exact) mass is 354 g/mol. The van der Waals surface area contributed by atoms with Crippen molar-refractivity contribution in [3.05, 3.63) is 41.9 Å². The van der Waals surface area contributed by atoms with Crippen molar-refractivity contribution in [2.45, 2.75) is 19.8 Å². The number of carbonyl (C=O) groups excluding carboxylic acids is 2. The molecule has 1 aromatic carbocycles. The van der Waals surface area contributed by atoms with Crippen molar-refractivity contribution in [1.29, 1.82) is 0 Å². The molecule has 2 aromatic rings. The molecule has 1 saturated heterocycles. The summed E-state index contributed by atoms with van der Waals surface area (Å²) in [5, 5.41) is 2.86. The van der Waals surface area contributed by atoms with E-state index in [9.17, 15) is 9.59 Å². The molecule has 0 bridgehead atoms. The molecule has 0 radical (unpaired) electrons. The summed E-state index contributed by atoms with van der Waals surface area (Å²) >= 11 is 0. The quantitative estimate of drug-likeness (QED) is 0.855. The molecule has 26 heavy (non-hydrogen) atoms. The summed E-state index contributed by atoms with van der Waals surface area (Å²) in [6, 6.07) is 7.23. The first-order chi connectivity index (χ1) is 12.6. The number of benzene rings is 1. The average Bonchev–Trinajstić information content (AvgIpc) is 3.06. The first-order valence-electron chi connectivity index (χ1n) is 8.62. The topological polar surface area (TPSA) is 84.4 Å². The number of carbonyl (C=O) groups is 2. The third kappa shape index (κ3) is 3.82. The Labute approximate surface area is 152 Å². The van der Waals surface area contributed by atoms with Gasteiger partial charge >= 0.3 is 0 Å². The highest BCUT2D eigenvalue weighted by Crippen LogP contribution is 2.30. The molecule has 0 saturated carbocycles. The highest BCUT2D eigenvalue weighted by Gasteiger charge is 2.19. The van der Waals surface area contributed by atoms with Gasteiger partial charge in [-0.15, -0.1) is 0 Å². The first-order valence-corrected chi connectivity index (χ1v) is 8.62. The maximum atomic E-state index is 12.3. The molecule has 0 atom stereocenters. The SMILES string of the molecule is COc1ncnc(C)c1-c1ccc(C(=O)NCCN2CCCC2=O)cc1. The highest BCUT2D eigenvalue weighted by atomic mass is 16.5. The third-order valence-electron chi connectivity index (χ3n) is 4.47. The van der Waals surface area contributed by atoms with Gasteiger partial charge in [-0.25, -0.2) is 9.97 Å². The lowest BCUT2D eigenvalue weighted by Gasteiger charge is -2.15. The van der Waals surface area contributed by atoms with E-state index < -0.39 is 0 Å². The maximum Gasteiger partial charge on any atom is 0.251 e. The molecular weight excluding hydrogens is 332 g/mol. The van der Waals surface area contributed by atoms with Crippen molar-refractivity contribution in [3.63, 3.8) is 0 Å². The number of nitrogens with one attached hydrogen (secondary N) is 1. The van der Waals surface area contributed by atoms with Crippen LogP contribution < -0.4 is 10.1 Å². The van der Waals surface area contributed by atoms with Gasteiger partial charge in [0, 0.05) is 31.6 Å². The Bertz CT molecular complexity index is 805. The molecule has 2 amide bonds. The molecular formula is C19H22N4O3. The fourth-order valence-electron chi connectivity index (χ4n) is 3.07. The zero-order valence-electron chi connectivity index (χ0n) is 15.0. The predicted octanol–water partition coefficient (Wildman–Crippen LogP) is 1.81. The van der Waals surface area contributed by atoms with E-state index in [1.54, 1.807) is 24.1 Å². The Morgan fingerprint density at radius 2 is 2.04 bits per heavy atom. The molecule has 7 nitrogen and oxygen atoms in total. The Morgan fingerprint density at radius 3 is 2.69 bits per heavy atom. The fraction of sp³-hybridized carbons (Fsp3) is 0.368. The van der Waals surface area contributed by atoms with Gasteiger partial charge in [0.2, 0.25) is 11.8 Å². The maximum absolute atomic E-state index is 12.3. The van der Waals surface area contributed by atoms with E-state index in [1.807, 2.05) is 19.1 Å². The van der Waals surface area contributed by atoms with Crippen molar-refractivity contribution in [2.75, 3.05) is 26.7 Å².